The number of hydrogen-bond donors (Lipinski definition) is 2. The lowest BCUT2D eigenvalue weighted by molar-refractivity contribution is 0.176. The standard InChI is InChI=1S/C10H11Cl2NO5S2/c11-7-2-1-6(3-8(7)12)20(17,18)13-9-4-19(15,16)5-10(9)14/h1-3,9-10,13-14H,4-5H2/t9-,10-/m1/s1. The molecular weight excluding hydrogens is 349 g/mol. The molecule has 1 aromatic carbocycles. The summed E-state index contributed by atoms with van der Waals surface area (Å²) in [6.45, 7) is 0. The minimum absolute atomic E-state index is 0.0640. The first-order chi connectivity index (χ1) is 9.11. The number of halogens is 2. The normalized spacial score (nSPS) is 25.8. The molecule has 1 fully saturated rings. The van der Waals surface area contributed by atoms with Gasteiger partial charge in [0.2, 0.25) is 10.0 Å². The van der Waals surface area contributed by atoms with Crippen molar-refractivity contribution in [2.24, 2.45) is 0 Å². The molecule has 0 unspecified atom stereocenters. The van der Waals surface area contributed by atoms with Gasteiger partial charge in [-0.1, -0.05) is 23.2 Å². The molecule has 10 heteroatoms. The predicted octanol–water partition coefficient (Wildman–Crippen LogP) is 0.430. The van der Waals surface area contributed by atoms with E-state index in [9.17, 15) is 21.9 Å². The zero-order valence-corrected chi connectivity index (χ0v) is 13.1. The maximum atomic E-state index is 12.1. The number of hydrogen-bond acceptors (Lipinski definition) is 5. The van der Waals surface area contributed by atoms with Crippen molar-refractivity contribution in [3.05, 3.63) is 28.2 Å². The van der Waals surface area contributed by atoms with Gasteiger partial charge >= 0.3 is 0 Å². The Morgan fingerprint density at radius 3 is 2.35 bits per heavy atom. The number of sulfone groups is 1. The van der Waals surface area contributed by atoms with Crippen LogP contribution in [0.1, 0.15) is 0 Å². The van der Waals surface area contributed by atoms with E-state index in [2.05, 4.69) is 4.72 Å². The second kappa shape index (κ2) is 5.43. The SMILES string of the molecule is O=S1(=O)C[C@@H](O)[C@H](NS(=O)(=O)c2ccc(Cl)c(Cl)c2)C1. The van der Waals surface area contributed by atoms with Crippen molar-refractivity contribution >= 4 is 43.1 Å². The van der Waals surface area contributed by atoms with E-state index in [1.165, 1.54) is 12.1 Å². The molecule has 2 N–H and O–H groups in total. The second-order valence-electron chi connectivity index (χ2n) is 4.45. The summed E-state index contributed by atoms with van der Waals surface area (Å²) in [5, 5.41) is 9.85. The van der Waals surface area contributed by atoms with Gasteiger partial charge in [0.1, 0.15) is 0 Å². The van der Waals surface area contributed by atoms with Gasteiger partial charge in [-0.2, -0.15) is 0 Å². The number of aliphatic hydroxyl groups is 1. The molecule has 112 valence electrons. The molecule has 0 radical (unpaired) electrons. The number of sulfonamides is 1. The monoisotopic (exact) mass is 359 g/mol. The van der Waals surface area contributed by atoms with Gasteiger partial charge in [0.15, 0.2) is 9.84 Å². The van der Waals surface area contributed by atoms with Crippen molar-refractivity contribution in [2.75, 3.05) is 11.5 Å². The summed E-state index contributed by atoms with van der Waals surface area (Å²) >= 11 is 11.4. The predicted molar refractivity (Wildman–Crippen MR) is 75.2 cm³/mol. The first-order valence-corrected chi connectivity index (χ1v) is 9.53. The summed E-state index contributed by atoms with van der Waals surface area (Å²) in [4.78, 5) is -0.150. The molecule has 1 saturated heterocycles. The molecule has 20 heavy (non-hydrogen) atoms. The van der Waals surface area contributed by atoms with E-state index >= 15 is 0 Å². The van der Waals surface area contributed by atoms with Crippen LogP contribution >= 0.6 is 23.2 Å². The van der Waals surface area contributed by atoms with Gasteiger partial charge in [-0.05, 0) is 18.2 Å². The van der Waals surface area contributed by atoms with Crippen LogP contribution in [0.4, 0.5) is 0 Å². The van der Waals surface area contributed by atoms with Crippen molar-refractivity contribution in [1.82, 2.24) is 4.72 Å². The highest BCUT2D eigenvalue weighted by Crippen LogP contribution is 2.25. The van der Waals surface area contributed by atoms with Gasteiger partial charge in [-0.3, -0.25) is 0 Å². The largest absolute Gasteiger partial charge is 0.390 e. The van der Waals surface area contributed by atoms with Crippen LogP contribution in [0.2, 0.25) is 10.0 Å². The van der Waals surface area contributed by atoms with Crippen LogP contribution in [0, 0.1) is 0 Å². The average Bonchev–Trinajstić information content (AvgIpc) is 2.54. The first kappa shape index (κ1) is 16.0. The van der Waals surface area contributed by atoms with Gasteiger partial charge in [-0.25, -0.2) is 21.6 Å². The third-order valence-corrected chi connectivity index (χ3v) is 6.77. The highest BCUT2D eigenvalue weighted by Gasteiger charge is 2.38. The Labute approximate surface area is 126 Å². The summed E-state index contributed by atoms with van der Waals surface area (Å²) < 4.78 is 49.0. The fraction of sp³-hybridized carbons (Fsp3) is 0.400. The molecule has 0 aliphatic carbocycles. The Hall–Kier alpha value is -0.380. The van der Waals surface area contributed by atoms with E-state index in [0.29, 0.717) is 0 Å². The summed E-state index contributed by atoms with van der Waals surface area (Å²) in [5.74, 6) is -0.893. The van der Waals surface area contributed by atoms with E-state index in [-0.39, 0.29) is 14.9 Å². The average molecular weight is 360 g/mol. The number of aliphatic hydroxyl groups excluding tert-OH is 1. The Kier molecular flexibility index (Phi) is 4.35. The molecule has 0 aromatic heterocycles. The summed E-state index contributed by atoms with van der Waals surface area (Å²) in [6, 6.07) is 2.65. The van der Waals surface area contributed by atoms with Crippen molar-refractivity contribution in [3.8, 4) is 0 Å². The highest BCUT2D eigenvalue weighted by atomic mass is 35.5. The molecule has 6 nitrogen and oxygen atoms in total. The van der Waals surface area contributed by atoms with Crippen molar-refractivity contribution in [1.29, 1.82) is 0 Å². The van der Waals surface area contributed by atoms with Gasteiger partial charge in [0.25, 0.3) is 0 Å². The van der Waals surface area contributed by atoms with Crippen LogP contribution in [-0.4, -0.2) is 45.6 Å². The molecule has 2 rings (SSSR count). The molecule has 1 aromatic rings. The molecule has 1 aliphatic heterocycles. The van der Waals surface area contributed by atoms with E-state index in [1.54, 1.807) is 0 Å². The summed E-state index contributed by atoms with van der Waals surface area (Å²) in [7, 11) is -7.42. The second-order valence-corrected chi connectivity index (χ2v) is 9.13. The van der Waals surface area contributed by atoms with Crippen LogP contribution < -0.4 is 4.72 Å². The van der Waals surface area contributed by atoms with Crippen LogP contribution in [0.5, 0.6) is 0 Å². The van der Waals surface area contributed by atoms with Crippen molar-refractivity contribution in [3.63, 3.8) is 0 Å². The lowest BCUT2D eigenvalue weighted by atomic mass is 10.2. The van der Waals surface area contributed by atoms with E-state index < -0.39 is 43.5 Å². The highest BCUT2D eigenvalue weighted by molar-refractivity contribution is 7.92. The quantitative estimate of drug-likeness (QED) is 0.814. The molecule has 0 amide bonds. The Morgan fingerprint density at radius 1 is 1.20 bits per heavy atom. The van der Waals surface area contributed by atoms with Gasteiger partial charge < -0.3 is 5.11 Å². The minimum atomic E-state index is -3.98. The van der Waals surface area contributed by atoms with Gasteiger partial charge in [-0.15, -0.1) is 0 Å². The third kappa shape index (κ3) is 3.44. The number of benzene rings is 1. The fourth-order valence-corrected chi connectivity index (χ4v) is 5.36. The number of rotatable bonds is 3. The number of nitrogens with one attached hydrogen (secondary N) is 1. The summed E-state index contributed by atoms with van der Waals surface area (Å²) in [5.41, 5.74) is 0. The fourth-order valence-electron chi connectivity index (χ4n) is 1.85. The van der Waals surface area contributed by atoms with E-state index in [0.717, 1.165) is 6.07 Å². The lowest BCUT2D eigenvalue weighted by Gasteiger charge is -2.15. The molecule has 0 saturated carbocycles. The van der Waals surface area contributed by atoms with E-state index in [1.807, 2.05) is 0 Å². The lowest BCUT2D eigenvalue weighted by Crippen LogP contribution is -2.42. The minimum Gasteiger partial charge on any atom is -0.390 e. The van der Waals surface area contributed by atoms with Crippen LogP contribution in [0.3, 0.4) is 0 Å². The Morgan fingerprint density at radius 2 is 1.85 bits per heavy atom. The molecule has 1 heterocycles. The zero-order valence-electron chi connectivity index (χ0n) is 9.95. The Balaban J connectivity index is 2.26. The molecule has 0 bridgehead atoms. The molecule has 0 spiro atoms. The zero-order chi connectivity index (χ0) is 15.1. The molecule has 1 aliphatic rings. The van der Waals surface area contributed by atoms with Crippen molar-refractivity contribution < 1.29 is 21.9 Å². The molecule has 2 atom stereocenters. The molecular formula is C10H11Cl2NO5S2. The first-order valence-electron chi connectivity index (χ1n) is 5.46. The van der Waals surface area contributed by atoms with Crippen LogP contribution in [0.25, 0.3) is 0 Å². The van der Waals surface area contributed by atoms with E-state index in [4.69, 9.17) is 23.2 Å². The maximum Gasteiger partial charge on any atom is 0.240 e. The third-order valence-electron chi connectivity index (χ3n) is 2.83. The van der Waals surface area contributed by atoms with Crippen molar-refractivity contribution in [2.45, 2.75) is 17.0 Å². The Bertz CT molecular complexity index is 732. The van der Waals surface area contributed by atoms with Crippen LogP contribution in [0.15, 0.2) is 23.1 Å². The van der Waals surface area contributed by atoms with Crippen LogP contribution in [-0.2, 0) is 19.9 Å². The topological polar surface area (TPSA) is 101 Å². The maximum absolute atomic E-state index is 12.1. The smallest absolute Gasteiger partial charge is 0.240 e. The van der Waals surface area contributed by atoms with Gasteiger partial charge in [0, 0.05) is 0 Å². The summed E-state index contributed by atoms with van der Waals surface area (Å²) in [6.07, 6.45) is -1.27. The van der Waals surface area contributed by atoms with Gasteiger partial charge in [0.05, 0.1) is 38.6 Å².